The average molecular weight is 394 g/mol. The first-order valence-electron chi connectivity index (χ1n) is 8.57. The lowest BCUT2D eigenvalue weighted by Crippen LogP contribution is -2.52. The number of nitrogens with zero attached hydrogens (tertiary/aromatic N) is 1. The third-order valence-electron chi connectivity index (χ3n) is 4.62. The molecule has 1 amide bonds. The lowest BCUT2D eigenvalue weighted by atomic mass is 9.97. The zero-order valence-corrected chi connectivity index (χ0v) is 14.6. The minimum Gasteiger partial charge on any atom is -0.480 e. The summed E-state index contributed by atoms with van der Waals surface area (Å²) in [6.07, 6.45) is -1.57. The fourth-order valence-corrected chi connectivity index (χ4v) is 3.06. The number of aromatic nitrogens is 1. The van der Waals surface area contributed by atoms with Gasteiger partial charge in [-0.3, -0.25) is 4.79 Å². The molecular weight excluding hydrogens is 377 g/mol. The summed E-state index contributed by atoms with van der Waals surface area (Å²) in [4.78, 5) is 27.5. The summed E-state index contributed by atoms with van der Waals surface area (Å²) in [5.41, 5.74) is -1.87. The Bertz CT molecular complexity index is 858. The van der Waals surface area contributed by atoms with E-state index in [0.29, 0.717) is 19.0 Å². The molecule has 0 bridgehead atoms. The van der Waals surface area contributed by atoms with E-state index in [-0.39, 0.29) is 17.2 Å². The van der Waals surface area contributed by atoms with Crippen LogP contribution in [-0.4, -0.2) is 27.5 Å². The predicted octanol–water partition coefficient (Wildman–Crippen LogP) is 4.02. The highest BCUT2D eigenvalue weighted by Gasteiger charge is 2.42. The highest BCUT2D eigenvalue weighted by atomic mass is 19.4. The monoisotopic (exact) mass is 394 g/mol. The predicted molar refractivity (Wildman–Crippen MR) is 92.1 cm³/mol. The highest BCUT2D eigenvalue weighted by molar-refractivity contribution is 5.98. The molecule has 0 spiro atoms. The molecule has 1 aliphatic rings. The molecule has 3 rings (SSSR count). The topological polar surface area (TPSA) is 88.5 Å². The number of carboxylic acids is 1. The molecule has 0 aliphatic heterocycles. The number of rotatable bonds is 5. The van der Waals surface area contributed by atoms with Crippen molar-refractivity contribution >= 4 is 11.9 Å². The van der Waals surface area contributed by atoms with Gasteiger partial charge in [0.05, 0.1) is 5.56 Å². The highest BCUT2D eigenvalue weighted by Crippen LogP contribution is 2.31. The van der Waals surface area contributed by atoms with Crippen LogP contribution in [0.5, 0.6) is 11.6 Å². The standard InChI is InChI=1S/C19H17F3N2O4/c20-19(21,22)13-5-8-15(23-11-13)28-14-6-3-12(4-7-14)16(25)24-18(17(26)27)9-1-2-10-18/h3-8,11H,1-2,9-10H2,(H,24,25)(H,26,27). The quantitative estimate of drug-likeness (QED) is 0.800. The first-order chi connectivity index (χ1) is 13.2. The lowest BCUT2D eigenvalue weighted by molar-refractivity contribution is -0.144. The van der Waals surface area contributed by atoms with E-state index >= 15 is 0 Å². The number of hydrogen-bond acceptors (Lipinski definition) is 4. The van der Waals surface area contributed by atoms with Crippen LogP contribution >= 0.6 is 0 Å². The Kier molecular flexibility index (Phi) is 5.26. The summed E-state index contributed by atoms with van der Waals surface area (Å²) in [5.74, 6) is -1.31. The van der Waals surface area contributed by atoms with Crippen molar-refractivity contribution in [2.75, 3.05) is 0 Å². The number of carbonyl (C=O) groups excluding carboxylic acids is 1. The van der Waals surface area contributed by atoms with Crippen LogP contribution in [0.2, 0.25) is 0 Å². The second kappa shape index (κ2) is 7.49. The van der Waals surface area contributed by atoms with E-state index < -0.39 is 29.2 Å². The molecule has 0 saturated heterocycles. The molecule has 1 heterocycles. The number of carbonyl (C=O) groups is 2. The largest absolute Gasteiger partial charge is 0.480 e. The number of amides is 1. The number of benzene rings is 1. The molecule has 2 aromatic rings. The second-order valence-corrected chi connectivity index (χ2v) is 6.56. The Morgan fingerprint density at radius 1 is 1.07 bits per heavy atom. The van der Waals surface area contributed by atoms with E-state index in [2.05, 4.69) is 10.3 Å². The number of hydrogen-bond donors (Lipinski definition) is 2. The van der Waals surface area contributed by atoms with Gasteiger partial charge in [0.1, 0.15) is 11.3 Å². The van der Waals surface area contributed by atoms with Gasteiger partial charge in [-0.2, -0.15) is 13.2 Å². The molecule has 0 atom stereocenters. The molecule has 1 aliphatic carbocycles. The van der Waals surface area contributed by atoms with Crippen molar-refractivity contribution in [3.63, 3.8) is 0 Å². The van der Waals surface area contributed by atoms with Crippen LogP contribution in [0, 0.1) is 0 Å². The Balaban J connectivity index is 1.66. The van der Waals surface area contributed by atoms with Crippen molar-refractivity contribution in [3.05, 3.63) is 53.7 Å². The molecule has 2 N–H and O–H groups in total. The second-order valence-electron chi connectivity index (χ2n) is 6.56. The number of aliphatic carboxylic acids is 1. The van der Waals surface area contributed by atoms with Gasteiger partial charge in [-0.25, -0.2) is 9.78 Å². The molecule has 0 radical (unpaired) electrons. The van der Waals surface area contributed by atoms with Crippen molar-refractivity contribution in [1.82, 2.24) is 10.3 Å². The summed E-state index contributed by atoms with van der Waals surface area (Å²) < 4.78 is 43.0. The van der Waals surface area contributed by atoms with E-state index in [0.717, 1.165) is 25.0 Å². The summed E-state index contributed by atoms with van der Waals surface area (Å²) in [6, 6.07) is 7.75. The van der Waals surface area contributed by atoms with E-state index in [4.69, 9.17) is 4.74 Å². The maximum Gasteiger partial charge on any atom is 0.417 e. The van der Waals surface area contributed by atoms with Crippen LogP contribution in [0.4, 0.5) is 13.2 Å². The molecule has 1 saturated carbocycles. The zero-order chi connectivity index (χ0) is 20.4. The van der Waals surface area contributed by atoms with E-state index in [9.17, 15) is 27.9 Å². The van der Waals surface area contributed by atoms with Crippen LogP contribution < -0.4 is 10.1 Å². The number of halogens is 3. The molecule has 9 heteroatoms. The number of pyridine rings is 1. The molecule has 1 aromatic carbocycles. The van der Waals surface area contributed by atoms with Gasteiger partial charge in [0.25, 0.3) is 5.91 Å². The van der Waals surface area contributed by atoms with Crippen LogP contribution in [0.3, 0.4) is 0 Å². The number of ether oxygens (including phenoxy) is 1. The molecule has 28 heavy (non-hydrogen) atoms. The minimum atomic E-state index is -4.48. The third-order valence-corrected chi connectivity index (χ3v) is 4.62. The van der Waals surface area contributed by atoms with E-state index in [1.165, 1.54) is 24.3 Å². The smallest absolute Gasteiger partial charge is 0.417 e. The maximum absolute atomic E-state index is 12.5. The van der Waals surface area contributed by atoms with Crippen molar-refractivity contribution in [2.24, 2.45) is 0 Å². The van der Waals surface area contributed by atoms with Gasteiger partial charge in [-0.05, 0) is 43.2 Å². The molecular formula is C19H17F3N2O4. The Labute approximate surface area is 158 Å². The molecule has 148 valence electrons. The number of carboxylic acid groups (broad SMARTS) is 1. The Morgan fingerprint density at radius 2 is 1.71 bits per heavy atom. The van der Waals surface area contributed by atoms with Gasteiger partial charge >= 0.3 is 12.1 Å². The molecule has 6 nitrogen and oxygen atoms in total. The summed E-state index contributed by atoms with van der Waals surface area (Å²) in [6.45, 7) is 0. The van der Waals surface area contributed by atoms with Gasteiger partial charge in [-0.15, -0.1) is 0 Å². The minimum absolute atomic E-state index is 0.0269. The molecule has 0 unspecified atom stereocenters. The van der Waals surface area contributed by atoms with Crippen LogP contribution in [0.15, 0.2) is 42.6 Å². The van der Waals surface area contributed by atoms with Gasteiger partial charge < -0.3 is 15.2 Å². The van der Waals surface area contributed by atoms with Gasteiger partial charge in [0.2, 0.25) is 5.88 Å². The Hall–Kier alpha value is -3.10. The summed E-state index contributed by atoms with van der Waals surface area (Å²) in [5, 5.41) is 12.0. The fourth-order valence-electron chi connectivity index (χ4n) is 3.06. The van der Waals surface area contributed by atoms with Crippen molar-refractivity contribution in [3.8, 4) is 11.6 Å². The fraction of sp³-hybridized carbons (Fsp3) is 0.316. The summed E-state index contributed by atoms with van der Waals surface area (Å²) in [7, 11) is 0. The van der Waals surface area contributed by atoms with E-state index in [1.807, 2.05) is 0 Å². The van der Waals surface area contributed by atoms with Gasteiger partial charge in [0, 0.05) is 17.8 Å². The third kappa shape index (κ3) is 4.24. The number of nitrogens with one attached hydrogen (secondary N) is 1. The van der Waals surface area contributed by atoms with Crippen LogP contribution in [0.25, 0.3) is 0 Å². The maximum atomic E-state index is 12.5. The SMILES string of the molecule is O=C(NC1(C(=O)O)CCCC1)c1ccc(Oc2ccc(C(F)(F)F)cn2)cc1. The van der Waals surface area contributed by atoms with Crippen LogP contribution in [-0.2, 0) is 11.0 Å². The normalized spacial score (nSPS) is 15.8. The first-order valence-corrected chi connectivity index (χ1v) is 8.57. The average Bonchev–Trinajstić information content (AvgIpc) is 3.12. The van der Waals surface area contributed by atoms with Crippen molar-refractivity contribution in [2.45, 2.75) is 37.4 Å². The van der Waals surface area contributed by atoms with Gasteiger partial charge in [0.15, 0.2) is 0 Å². The van der Waals surface area contributed by atoms with E-state index in [1.54, 1.807) is 0 Å². The number of alkyl halides is 3. The first kappa shape index (κ1) is 19.7. The van der Waals surface area contributed by atoms with Crippen molar-refractivity contribution in [1.29, 1.82) is 0 Å². The van der Waals surface area contributed by atoms with Crippen molar-refractivity contribution < 1.29 is 32.6 Å². The van der Waals surface area contributed by atoms with Gasteiger partial charge in [-0.1, -0.05) is 12.8 Å². The lowest BCUT2D eigenvalue weighted by Gasteiger charge is -2.25. The molecule has 1 aromatic heterocycles. The summed E-state index contributed by atoms with van der Waals surface area (Å²) >= 11 is 0. The Morgan fingerprint density at radius 3 is 2.21 bits per heavy atom. The zero-order valence-electron chi connectivity index (χ0n) is 14.6. The molecule has 1 fully saturated rings. The van der Waals surface area contributed by atoms with Crippen LogP contribution in [0.1, 0.15) is 41.6 Å².